The van der Waals surface area contributed by atoms with Gasteiger partial charge in [-0.25, -0.2) is 9.97 Å². The molecule has 1 aromatic rings. The molecular formula is C8H11N3. The monoisotopic (exact) mass is 149 g/mol. The van der Waals surface area contributed by atoms with Gasteiger partial charge in [0.05, 0.1) is 0 Å². The minimum atomic E-state index is 0.140. The first kappa shape index (κ1) is 6.73. The van der Waals surface area contributed by atoms with Crippen molar-refractivity contribution in [1.82, 2.24) is 9.97 Å². The van der Waals surface area contributed by atoms with Crippen LogP contribution < -0.4 is 5.73 Å². The maximum atomic E-state index is 5.62. The van der Waals surface area contributed by atoms with Crippen molar-refractivity contribution in [2.45, 2.75) is 18.3 Å². The van der Waals surface area contributed by atoms with Gasteiger partial charge in [-0.2, -0.15) is 0 Å². The van der Waals surface area contributed by atoms with Crippen molar-refractivity contribution in [3.05, 3.63) is 24.3 Å². The smallest absolute Gasteiger partial charge is 0.135 e. The molecule has 0 spiro atoms. The van der Waals surface area contributed by atoms with Gasteiger partial charge >= 0.3 is 0 Å². The van der Waals surface area contributed by atoms with Crippen molar-refractivity contribution >= 4 is 0 Å². The van der Waals surface area contributed by atoms with Gasteiger partial charge in [0.15, 0.2) is 0 Å². The molecule has 0 bridgehead atoms. The number of hydrogen-bond donors (Lipinski definition) is 1. The highest BCUT2D eigenvalue weighted by Gasteiger charge is 2.45. The van der Waals surface area contributed by atoms with E-state index < -0.39 is 0 Å². The summed E-state index contributed by atoms with van der Waals surface area (Å²) in [4.78, 5) is 8.39. The molecule has 0 radical (unpaired) electrons. The normalized spacial score (nSPS) is 19.7. The van der Waals surface area contributed by atoms with Gasteiger partial charge < -0.3 is 5.73 Å². The van der Waals surface area contributed by atoms with Crippen LogP contribution in [0.15, 0.2) is 18.5 Å². The average molecular weight is 149 g/mol. The molecule has 1 aliphatic rings. The zero-order chi connectivity index (χ0) is 7.73. The first-order valence-electron chi connectivity index (χ1n) is 3.85. The average Bonchev–Trinajstić information content (AvgIpc) is 2.86. The molecule has 0 aliphatic heterocycles. The summed E-state index contributed by atoms with van der Waals surface area (Å²) in [5.41, 5.74) is 5.76. The standard InChI is InChI=1S/C8H11N3/c9-6-8(2-3-8)7-10-4-1-5-11-7/h1,4-5H,2-3,6,9H2. The van der Waals surface area contributed by atoms with Gasteiger partial charge in [-0.05, 0) is 18.9 Å². The van der Waals surface area contributed by atoms with Crippen LogP contribution in [0.1, 0.15) is 18.7 Å². The lowest BCUT2D eigenvalue weighted by molar-refractivity contribution is 0.648. The summed E-state index contributed by atoms with van der Waals surface area (Å²) in [6.07, 6.45) is 5.84. The van der Waals surface area contributed by atoms with E-state index in [4.69, 9.17) is 5.73 Å². The lowest BCUT2D eigenvalue weighted by atomic mass is 10.1. The molecule has 2 rings (SSSR count). The van der Waals surface area contributed by atoms with Crippen molar-refractivity contribution in [1.29, 1.82) is 0 Å². The first-order valence-corrected chi connectivity index (χ1v) is 3.85. The van der Waals surface area contributed by atoms with Crippen molar-refractivity contribution in [2.24, 2.45) is 5.73 Å². The minimum absolute atomic E-state index is 0.140. The van der Waals surface area contributed by atoms with Crippen molar-refractivity contribution in [3.8, 4) is 0 Å². The Morgan fingerprint density at radius 2 is 2.00 bits per heavy atom. The Morgan fingerprint density at radius 3 is 2.45 bits per heavy atom. The zero-order valence-corrected chi connectivity index (χ0v) is 6.33. The second-order valence-corrected chi connectivity index (χ2v) is 3.06. The van der Waals surface area contributed by atoms with E-state index in [1.54, 1.807) is 12.4 Å². The third-order valence-electron chi connectivity index (χ3n) is 2.28. The van der Waals surface area contributed by atoms with E-state index in [9.17, 15) is 0 Å². The maximum absolute atomic E-state index is 5.62. The number of aromatic nitrogens is 2. The summed E-state index contributed by atoms with van der Waals surface area (Å²) in [5.74, 6) is 0.919. The van der Waals surface area contributed by atoms with Gasteiger partial charge in [-0.3, -0.25) is 0 Å². The van der Waals surface area contributed by atoms with Crippen LogP contribution in [-0.2, 0) is 5.41 Å². The fourth-order valence-corrected chi connectivity index (χ4v) is 1.24. The van der Waals surface area contributed by atoms with E-state index in [0.717, 1.165) is 18.7 Å². The Morgan fingerprint density at radius 1 is 1.36 bits per heavy atom. The van der Waals surface area contributed by atoms with Gasteiger partial charge in [0.25, 0.3) is 0 Å². The van der Waals surface area contributed by atoms with Crippen LogP contribution in [-0.4, -0.2) is 16.5 Å². The highest BCUT2D eigenvalue weighted by atomic mass is 14.9. The first-order chi connectivity index (χ1) is 5.37. The molecule has 1 aromatic heterocycles. The molecule has 3 heteroatoms. The molecule has 0 atom stereocenters. The predicted octanol–water partition coefficient (Wildman–Crippen LogP) is 0.467. The SMILES string of the molecule is NCC1(c2ncccn2)CC1. The van der Waals surface area contributed by atoms with Gasteiger partial charge in [-0.1, -0.05) is 0 Å². The van der Waals surface area contributed by atoms with E-state index in [0.29, 0.717) is 6.54 Å². The van der Waals surface area contributed by atoms with E-state index in [1.807, 2.05) is 6.07 Å². The molecule has 1 fully saturated rings. The minimum Gasteiger partial charge on any atom is -0.329 e. The second-order valence-electron chi connectivity index (χ2n) is 3.06. The fraction of sp³-hybridized carbons (Fsp3) is 0.500. The van der Waals surface area contributed by atoms with Crippen LogP contribution in [0, 0.1) is 0 Å². The second kappa shape index (κ2) is 2.27. The molecule has 0 unspecified atom stereocenters. The molecular weight excluding hydrogens is 138 g/mol. The summed E-state index contributed by atoms with van der Waals surface area (Å²) in [6.45, 7) is 0.678. The summed E-state index contributed by atoms with van der Waals surface area (Å²) in [7, 11) is 0. The van der Waals surface area contributed by atoms with E-state index in [1.165, 1.54) is 0 Å². The van der Waals surface area contributed by atoms with Crippen LogP contribution >= 0.6 is 0 Å². The lowest BCUT2D eigenvalue weighted by Gasteiger charge is -2.08. The molecule has 0 amide bonds. The summed E-state index contributed by atoms with van der Waals surface area (Å²) in [6, 6.07) is 1.83. The maximum Gasteiger partial charge on any atom is 0.135 e. The summed E-state index contributed by atoms with van der Waals surface area (Å²) in [5, 5.41) is 0. The Kier molecular flexibility index (Phi) is 1.39. The number of rotatable bonds is 2. The summed E-state index contributed by atoms with van der Waals surface area (Å²) < 4.78 is 0. The van der Waals surface area contributed by atoms with Crippen molar-refractivity contribution < 1.29 is 0 Å². The molecule has 58 valence electrons. The third kappa shape index (κ3) is 1.01. The quantitative estimate of drug-likeness (QED) is 0.665. The molecule has 3 nitrogen and oxygen atoms in total. The summed E-state index contributed by atoms with van der Waals surface area (Å²) >= 11 is 0. The fourth-order valence-electron chi connectivity index (χ4n) is 1.24. The highest BCUT2D eigenvalue weighted by molar-refractivity contribution is 5.18. The Bertz CT molecular complexity index is 241. The van der Waals surface area contributed by atoms with Crippen molar-refractivity contribution in [3.63, 3.8) is 0 Å². The Hall–Kier alpha value is -0.960. The van der Waals surface area contributed by atoms with E-state index in [-0.39, 0.29) is 5.41 Å². The van der Waals surface area contributed by atoms with Gasteiger partial charge in [0.2, 0.25) is 0 Å². The molecule has 2 N–H and O–H groups in total. The van der Waals surface area contributed by atoms with E-state index >= 15 is 0 Å². The molecule has 11 heavy (non-hydrogen) atoms. The van der Waals surface area contributed by atoms with Gasteiger partial charge in [-0.15, -0.1) is 0 Å². The Labute approximate surface area is 65.7 Å². The molecule has 0 aromatic carbocycles. The van der Waals surface area contributed by atoms with Crippen LogP contribution in [0.5, 0.6) is 0 Å². The molecule has 1 heterocycles. The van der Waals surface area contributed by atoms with Crippen LogP contribution in [0.2, 0.25) is 0 Å². The molecule has 1 aliphatic carbocycles. The Balaban J connectivity index is 2.30. The lowest BCUT2D eigenvalue weighted by Crippen LogP contribution is -2.22. The van der Waals surface area contributed by atoms with Crippen LogP contribution in [0.25, 0.3) is 0 Å². The molecule has 0 saturated heterocycles. The third-order valence-corrected chi connectivity index (χ3v) is 2.28. The number of hydrogen-bond acceptors (Lipinski definition) is 3. The van der Waals surface area contributed by atoms with Crippen molar-refractivity contribution in [2.75, 3.05) is 6.54 Å². The van der Waals surface area contributed by atoms with Crippen LogP contribution in [0.4, 0.5) is 0 Å². The van der Waals surface area contributed by atoms with Crippen LogP contribution in [0.3, 0.4) is 0 Å². The predicted molar refractivity (Wildman–Crippen MR) is 42.0 cm³/mol. The zero-order valence-electron chi connectivity index (χ0n) is 6.33. The number of nitrogens with zero attached hydrogens (tertiary/aromatic N) is 2. The topological polar surface area (TPSA) is 51.8 Å². The van der Waals surface area contributed by atoms with Gasteiger partial charge in [0.1, 0.15) is 5.82 Å². The van der Waals surface area contributed by atoms with E-state index in [2.05, 4.69) is 9.97 Å². The largest absolute Gasteiger partial charge is 0.329 e. The molecule has 1 saturated carbocycles. The number of nitrogens with two attached hydrogens (primary N) is 1. The van der Waals surface area contributed by atoms with Gasteiger partial charge in [0, 0.05) is 24.4 Å². The highest BCUT2D eigenvalue weighted by Crippen LogP contribution is 2.45.